The lowest BCUT2D eigenvalue weighted by atomic mass is 9.86. The number of hydrogen-bond acceptors (Lipinski definition) is 8. The third-order valence-electron chi connectivity index (χ3n) is 5.93. The summed E-state index contributed by atoms with van der Waals surface area (Å²) in [7, 11) is 0. The van der Waals surface area contributed by atoms with Crippen LogP contribution in [0.25, 0.3) is 11.4 Å². The van der Waals surface area contributed by atoms with Gasteiger partial charge in [0.15, 0.2) is 5.82 Å². The predicted octanol–water partition coefficient (Wildman–Crippen LogP) is 6.33. The number of halogens is 4. The first-order chi connectivity index (χ1) is 18.2. The van der Waals surface area contributed by atoms with E-state index >= 15 is 0 Å². The average Bonchev–Trinajstić information content (AvgIpc) is 3.32. The molecule has 1 amide bonds. The minimum Gasteiger partial charge on any atom is -0.477 e. The van der Waals surface area contributed by atoms with E-state index in [1.54, 1.807) is 30.3 Å². The maximum Gasteiger partial charge on any atom is 0.419 e. The summed E-state index contributed by atoms with van der Waals surface area (Å²) < 4.78 is 62.3. The normalized spacial score (nSPS) is 13.6. The molecule has 38 heavy (non-hydrogen) atoms. The Kier molecular flexibility index (Phi) is 7.18. The molecule has 8 nitrogen and oxygen atoms in total. The third-order valence-corrected chi connectivity index (χ3v) is 6.56. The molecule has 2 aromatic heterocycles. The molecule has 0 atom stereocenters. The van der Waals surface area contributed by atoms with E-state index in [4.69, 9.17) is 4.74 Å². The lowest BCUT2D eigenvalue weighted by Gasteiger charge is -2.24. The molecule has 0 spiro atoms. The van der Waals surface area contributed by atoms with Crippen LogP contribution in [-0.2, 0) is 6.18 Å². The van der Waals surface area contributed by atoms with E-state index in [1.165, 1.54) is 25.6 Å². The molecule has 1 aliphatic rings. The van der Waals surface area contributed by atoms with Crippen molar-refractivity contribution in [1.82, 2.24) is 19.3 Å². The highest BCUT2D eigenvalue weighted by molar-refractivity contribution is 7.10. The van der Waals surface area contributed by atoms with E-state index in [-0.39, 0.29) is 16.5 Å². The molecule has 1 fully saturated rings. The van der Waals surface area contributed by atoms with Crippen molar-refractivity contribution in [2.75, 3.05) is 17.2 Å². The number of anilines is 3. The van der Waals surface area contributed by atoms with E-state index in [0.717, 1.165) is 17.6 Å². The number of carbonyl (C=O) groups excluding carboxylic acids is 1. The Bertz CT molecular complexity index is 1440. The van der Waals surface area contributed by atoms with Crippen LogP contribution in [0, 0.1) is 11.7 Å². The number of ether oxygens (including phenoxy) is 1. The fraction of sp³-hybridized carbons (Fsp3) is 0.240. The van der Waals surface area contributed by atoms with E-state index < -0.39 is 23.5 Å². The van der Waals surface area contributed by atoms with Crippen molar-refractivity contribution in [2.45, 2.75) is 25.4 Å². The maximum absolute atomic E-state index is 13.6. The van der Waals surface area contributed by atoms with Crippen LogP contribution in [0.5, 0.6) is 5.88 Å². The van der Waals surface area contributed by atoms with Gasteiger partial charge in [-0.25, -0.2) is 14.4 Å². The predicted molar refractivity (Wildman–Crippen MR) is 133 cm³/mol. The highest BCUT2D eigenvalue weighted by atomic mass is 32.1. The van der Waals surface area contributed by atoms with Gasteiger partial charge in [0.1, 0.15) is 18.0 Å². The molecular formula is C25H20F4N6O2S. The number of benzene rings is 2. The zero-order chi connectivity index (χ0) is 26.7. The van der Waals surface area contributed by atoms with Gasteiger partial charge in [-0.1, -0.05) is 6.42 Å². The number of rotatable bonds is 8. The fourth-order valence-electron chi connectivity index (χ4n) is 3.64. The van der Waals surface area contributed by atoms with Crippen LogP contribution in [0.15, 0.2) is 54.9 Å². The number of hydrogen-bond donors (Lipinski definition) is 2. The molecule has 2 aromatic carbocycles. The molecular weight excluding hydrogens is 524 g/mol. The second-order valence-electron chi connectivity index (χ2n) is 8.62. The van der Waals surface area contributed by atoms with Gasteiger partial charge in [0.2, 0.25) is 11.0 Å². The molecule has 13 heteroatoms. The van der Waals surface area contributed by atoms with Gasteiger partial charge in [0.05, 0.1) is 12.2 Å². The summed E-state index contributed by atoms with van der Waals surface area (Å²) in [5, 5.41) is 5.78. The molecule has 0 unspecified atom stereocenters. The van der Waals surface area contributed by atoms with Crippen LogP contribution in [0.4, 0.5) is 34.2 Å². The molecule has 0 aliphatic heterocycles. The van der Waals surface area contributed by atoms with Crippen molar-refractivity contribution >= 4 is 34.1 Å². The van der Waals surface area contributed by atoms with Crippen molar-refractivity contribution < 1.29 is 27.1 Å². The van der Waals surface area contributed by atoms with Crippen LogP contribution in [0.1, 0.15) is 35.2 Å². The minimum absolute atomic E-state index is 0.0211. The summed E-state index contributed by atoms with van der Waals surface area (Å²) in [4.78, 5) is 25.0. The van der Waals surface area contributed by atoms with Crippen molar-refractivity contribution in [3.63, 3.8) is 0 Å². The van der Waals surface area contributed by atoms with Gasteiger partial charge in [0, 0.05) is 34.4 Å². The monoisotopic (exact) mass is 544 g/mol. The molecule has 1 saturated carbocycles. The summed E-state index contributed by atoms with van der Waals surface area (Å²) in [6.45, 7) is 0.634. The fourth-order valence-corrected chi connectivity index (χ4v) is 4.23. The average molecular weight is 545 g/mol. The quantitative estimate of drug-likeness (QED) is 0.250. The van der Waals surface area contributed by atoms with Crippen molar-refractivity contribution in [2.24, 2.45) is 5.92 Å². The van der Waals surface area contributed by atoms with Gasteiger partial charge in [-0.2, -0.15) is 22.5 Å². The van der Waals surface area contributed by atoms with E-state index in [9.17, 15) is 22.4 Å². The Balaban J connectivity index is 1.20. The molecule has 2 heterocycles. The van der Waals surface area contributed by atoms with Crippen LogP contribution < -0.4 is 15.4 Å². The summed E-state index contributed by atoms with van der Waals surface area (Å²) in [6.07, 6.45) is 0.142. The first-order valence-corrected chi connectivity index (χ1v) is 12.4. The second kappa shape index (κ2) is 10.7. The third kappa shape index (κ3) is 6.05. The zero-order valence-corrected chi connectivity index (χ0v) is 20.4. The largest absolute Gasteiger partial charge is 0.477 e. The summed E-state index contributed by atoms with van der Waals surface area (Å²) in [5.41, 5.74) is -0.434. The smallest absolute Gasteiger partial charge is 0.419 e. The van der Waals surface area contributed by atoms with E-state index in [1.807, 2.05) is 0 Å². The van der Waals surface area contributed by atoms with Gasteiger partial charge < -0.3 is 10.1 Å². The number of aromatic nitrogens is 4. The molecule has 0 saturated heterocycles. The van der Waals surface area contributed by atoms with Gasteiger partial charge in [0.25, 0.3) is 5.91 Å². The topological polar surface area (TPSA) is 102 Å². The number of nitrogens with zero attached hydrogens (tertiary/aromatic N) is 4. The second-order valence-corrected chi connectivity index (χ2v) is 9.37. The highest BCUT2D eigenvalue weighted by Crippen LogP contribution is 2.34. The van der Waals surface area contributed by atoms with Crippen LogP contribution in [0.2, 0.25) is 0 Å². The van der Waals surface area contributed by atoms with E-state index in [2.05, 4.69) is 30.0 Å². The van der Waals surface area contributed by atoms with Crippen LogP contribution >= 0.6 is 11.5 Å². The Hall–Kier alpha value is -4.13. The summed E-state index contributed by atoms with van der Waals surface area (Å²) in [5.74, 6) is -0.328. The van der Waals surface area contributed by atoms with Gasteiger partial charge in [-0.05, 0) is 61.2 Å². The minimum atomic E-state index is -4.85. The van der Waals surface area contributed by atoms with Crippen molar-refractivity contribution in [3.05, 3.63) is 71.8 Å². The molecule has 4 aromatic rings. The number of nitrogens with one attached hydrogen (secondary N) is 2. The molecule has 1 aliphatic carbocycles. The molecule has 0 radical (unpaired) electrons. The van der Waals surface area contributed by atoms with Gasteiger partial charge in [-0.3, -0.25) is 10.1 Å². The maximum atomic E-state index is 13.6. The SMILES string of the molecule is O=C(Nc1nc(-c2ccc(F)c(C(F)(F)F)c2)ns1)c1ccc(Nc2cc(OCC3CCC3)ncn2)cc1. The zero-order valence-electron chi connectivity index (χ0n) is 19.6. The Morgan fingerprint density at radius 3 is 2.58 bits per heavy atom. The molecule has 0 bridgehead atoms. The summed E-state index contributed by atoms with van der Waals surface area (Å²) >= 11 is 0.795. The Morgan fingerprint density at radius 1 is 1.08 bits per heavy atom. The summed E-state index contributed by atoms with van der Waals surface area (Å²) in [6, 6.07) is 10.7. The lowest BCUT2D eigenvalue weighted by Crippen LogP contribution is -2.19. The number of alkyl halides is 3. The molecule has 5 rings (SSSR count). The Labute approximate surface area is 218 Å². The van der Waals surface area contributed by atoms with E-state index in [0.29, 0.717) is 47.6 Å². The van der Waals surface area contributed by atoms with Gasteiger partial charge in [-0.15, -0.1) is 0 Å². The first-order valence-electron chi connectivity index (χ1n) is 11.6. The van der Waals surface area contributed by atoms with Crippen molar-refractivity contribution in [3.8, 4) is 17.3 Å². The number of carbonyl (C=O) groups is 1. The van der Waals surface area contributed by atoms with Gasteiger partial charge >= 0.3 is 6.18 Å². The lowest BCUT2D eigenvalue weighted by molar-refractivity contribution is -0.139. The molecule has 196 valence electrons. The first kappa shape index (κ1) is 25.5. The number of amides is 1. The standard InChI is InChI=1S/C25H20F4N6O2S/c26-19-9-6-16(10-18(19)25(27,28)29)22-33-24(38-35-22)34-23(36)15-4-7-17(8-5-15)32-20-11-21(31-13-30-20)37-12-14-2-1-3-14/h4-11,13-14H,1-3,12H2,(H,30,31,32)(H,33,34,35,36). The van der Waals surface area contributed by atoms with Crippen LogP contribution in [-0.4, -0.2) is 31.8 Å². The highest BCUT2D eigenvalue weighted by Gasteiger charge is 2.34. The van der Waals surface area contributed by atoms with Crippen molar-refractivity contribution in [1.29, 1.82) is 0 Å². The van der Waals surface area contributed by atoms with Crippen LogP contribution in [0.3, 0.4) is 0 Å². The Morgan fingerprint density at radius 2 is 1.87 bits per heavy atom. The molecule has 2 N–H and O–H groups in total.